The van der Waals surface area contributed by atoms with Crippen molar-refractivity contribution < 1.29 is 18.3 Å². The summed E-state index contributed by atoms with van der Waals surface area (Å²) in [6, 6.07) is 18.7. The van der Waals surface area contributed by atoms with Crippen LogP contribution in [0.2, 0.25) is 0 Å². The third-order valence-corrected chi connectivity index (χ3v) is 8.66. The predicted octanol–water partition coefficient (Wildman–Crippen LogP) is 4.34. The molecule has 8 nitrogen and oxygen atoms in total. The summed E-state index contributed by atoms with van der Waals surface area (Å²) < 4.78 is 34.4. The minimum Gasteiger partial charge on any atom is -0.493 e. The molecule has 2 heterocycles. The second-order valence-electron chi connectivity index (χ2n) is 9.55. The van der Waals surface area contributed by atoms with Crippen LogP contribution in [-0.2, 0) is 21.0 Å². The van der Waals surface area contributed by atoms with Crippen LogP contribution in [0.1, 0.15) is 36.0 Å². The van der Waals surface area contributed by atoms with Gasteiger partial charge in [-0.3, -0.25) is 14.3 Å². The minimum absolute atomic E-state index is 0.110. The van der Waals surface area contributed by atoms with E-state index in [4.69, 9.17) is 4.74 Å². The van der Waals surface area contributed by atoms with Crippen molar-refractivity contribution in [2.24, 2.45) is 5.92 Å². The molecule has 5 rings (SSSR count). The number of sulfone groups is 1. The van der Waals surface area contributed by atoms with Gasteiger partial charge in [-0.1, -0.05) is 48.5 Å². The van der Waals surface area contributed by atoms with Gasteiger partial charge in [-0.2, -0.15) is 4.98 Å². The van der Waals surface area contributed by atoms with Crippen molar-refractivity contribution in [2.45, 2.75) is 42.0 Å². The third-order valence-electron chi connectivity index (χ3n) is 6.87. The van der Waals surface area contributed by atoms with E-state index in [-0.39, 0.29) is 11.5 Å². The van der Waals surface area contributed by atoms with Gasteiger partial charge in [0.1, 0.15) is 5.82 Å². The third kappa shape index (κ3) is 4.99. The summed E-state index contributed by atoms with van der Waals surface area (Å²) in [6.45, 7) is 2.02. The molecule has 9 heteroatoms. The van der Waals surface area contributed by atoms with E-state index in [0.29, 0.717) is 18.2 Å². The van der Waals surface area contributed by atoms with Crippen LogP contribution in [0.25, 0.3) is 11.1 Å². The number of aromatic hydroxyl groups is 1. The summed E-state index contributed by atoms with van der Waals surface area (Å²) in [6.07, 6.45) is 4.16. The molecule has 1 aliphatic rings. The average molecular weight is 532 g/mol. The molecular weight excluding hydrogens is 502 g/mol. The molecule has 4 aromatic rings. The first-order valence-corrected chi connectivity index (χ1v) is 13.9. The predicted molar refractivity (Wildman–Crippen MR) is 143 cm³/mol. The second-order valence-corrected chi connectivity index (χ2v) is 11.4. The Balaban J connectivity index is 1.64. The van der Waals surface area contributed by atoms with Gasteiger partial charge < -0.3 is 9.84 Å². The molecule has 1 N–H and O–H groups in total. The molecule has 2 aromatic heterocycles. The molecule has 196 valence electrons. The minimum atomic E-state index is -4.39. The van der Waals surface area contributed by atoms with E-state index in [0.717, 1.165) is 35.2 Å². The molecule has 1 saturated carbocycles. The molecule has 0 amide bonds. The Labute approximate surface area is 221 Å². The van der Waals surface area contributed by atoms with Crippen molar-refractivity contribution >= 4 is 9.84 Å². The standard InChI is InChI=1S/C29H29N3O5S/c1-19-24(9-6-16-30-19)21-12-14-23(15-13-21)38(35,36)27-28(33)31-26(17-20-10-11-20)32(29(27)34)25(18-37-2)22-7-4-3-5-8-22/h3-9,12-16,20,25,34H,10-11,17-18H2,1-2H3/t25-/m0/s1. The zero-order valence-corrected chi connectivity index (χ0v) is 22.1. The maximum Gasteiger partial charge on any atom is 0.296 e. The Morgan fingerprint density at radius 3 is 2.39 bits per heavy atom. The summed E-state index contributed by atoms with van der Waals surface area (Å²) in [5, 5.41) is 11.5. The normalized spacial score (nSPS) is 14.4. The molecule has 0 bridgehead atoms. The van der Waals surface area contributed by atoms with Crippen molar-refractivity contribution in [3.05, 3.63) is 100 Å². The second kappa shape index (κ2) is 10.5. The summed E-state index contributed by atoms with van der Waals surface area (Å²) in [5.41, 5.74) is 2.30. The highest BCUT2D eigenvalue weighted by molar-refractivity contribution is 7.91. The molecular formula is C29H29N3O5S. The van der Waals surface area contributed by atoms with Crippen LogP contribution in [0.4, 0.5) is 0 Å². The zero-order chi connectivity index (χ0) is 26.9. The first kappa shape index (κ1) is 25.8. The first-order chi connectivity index (χ1) is 18.3. The van der Waals surface area contributed by atoms with Gasteiger partial charge in [-0.05, 0) is 55.0 Å². The maximum absolute atomic E-state index is 13.7. The quantitative estimate of drug-likeness (QED) is 0.342. The van der Waals surface area contributed by atoms with Crippen LogP contribution in [0.5, 0.6) is 5.88 Å². The van der Waals surface area contributed by atoms with Crippen LogP contribution in [0.15, 0.2) is 87.5 Å². The number of ether oxygens (including phenoxy) is 1. The fraction of sp³-hybridized carbons (Fsp3) is 0.276. The fourth-order valence-electron chi connectivity index (χ4n) is 4.71. The molecule has 0 spiro atoms. The molecule has 0 radical (unpaired) electrons. The van der Waals surface area contributed by atoms with Crippen molar-refractivity contribution in [2.75, 3.05) is 13.7 Å². The SMILES string of the molecule is COC[C@@H](c1ccccc1)n1c(CC2CC2)nc(=O)c(S(=O)(=O)c2ccc(-c3cccnc3C)cc2)c1O. The van der Waals surface area contributed by atoms with Gasteiger partial charge in [0.25, 0.3) is 5.56 Å². The molecule has 2 aromatic carbocycles. The van der Waals surface area contributed by atoms with E-state index in [1.807, 2.05) is 49.4 Å². The van der Waals surface area contributed by atoms with Crippen LogP contribution in [0.3, 0.4) is 0 Å². The van der Waals surface area contributed by atoms with Gasteiger partial charge in [-0.25, -0.2) is 8.42 Å². The Kier molecular flexibility index (Phi) is 7.14. The molecule has 1 fully saturated rings. The molecule has 0 unspecified atom stereocenters. The molecule has 38 heavy (non-hydrogen) atoms. The van der Waals surface area contributed by atoms with Gasteiger partial charge in [-0.15, -0.1) is 0 Å². The van der Waals surface area contributed by atoms with Crippen molar-refractivity contribution in [3.8, 4) is 17.0 Å². The number of nitrogens with zero attached hydrogens (tertiary/aromatic N) is 3. The van der Waals surface area contributed by atoms with Crippen LogP contribution < -0.4 is 5.56 Å². The van der Waals surface area contributed by atoms with Crippen LogP contribution in [0, 0.1) is 12.8 Å². The van der Waals surface area contributed by atoms with E-state index < -0.39 is 32.2 Å². The first-order valence-electron chi connectivity index (χ1n) is 12.5. The van der Waals surface area contributed by atoms with Gasteiger partial charge in [0.05, 0.1) is 17.5 Å². The summed E-state index contributed by atoms with van der Waals surface area (Å²) in [5.74, 6) is 0.0680. The number of benzene rings is 2. The molecule has 1 aliphatic carbocycles. The Morgan fingerprint density at radius 1 is 1.05 bits per heavy atom. The lowest BCUT2D eigenvalue weighted by Crippen LogP contribution is -2.29. The number of aromatic nitrogens is 3. The maximum atomic E-state index is 13.7. The van der Waals surface area contributed by atoms with E-state index >= 15 is 0 Å². The lowest BCUT2D eigenvalue weighted by atomic mass is 10.1. The largest absolute Gasteiger partial charge is 0.493 e. The van der Waals surface area contributed by atoms with E-state index in [1.165, 1.54) is 23.8 Å². The van der Waals surface area contributed by atoms with Crippen molar-refractivity contribution in [3.63, 3.8) is 0 Å². The van der Waals surface area contributed by atoms with Crippen LogP contribution >= 0.6 is 0 Å². The topological polar surface area (TPSA) is 111 Å². The van der Waals surface area contributed by atoms with Gasteiger partial charge in [0.2, 0.25) is 15.7 Å². The number of aryl methyl sites for hydroxylation is 1. The smallest absolute Gasteiger partial charge is 0.296 e. The summed E-state index contributed by atoms with van der Waals surface area (Å²) >= 11 is 0. The molecule has 0 aliphatic heterocycles. The van der Waals surface area contributed by atoms with E-state index in [1.54, 1.807) is 18.3 Å². The number of hydrogen-bond donors (Lipinski definition) is 1. The lowest BCUT2D eigenvalue weighted by Gasteiger charge is -2.25. The number of pyridine rings is 1. The monoisotopic (exact) mass is 531 g/mol. The van der Waals surface area contributed by atoms with Gasteiger partial charge in [0.15, 0.2) is 4.90 Å². The Hall–Kier alpha value is -3.82. The van der Waals surface area contributed by atoms with Crippen molar-refractivity contribution in [1.29, 1.82) is 0 Å². The Morgan fingerprint density at radius 2 is 1.76 bits per heavy atom. The van der Waals surface area contributed by atoms with Gasteiger partial charge >= 0.3 is 0 Å². The molecule has 0 saturated heterocycles. The highest BCUT2D eigenvalue weighted by Crippen LogP contribution is 2.36. The highest BCUT2D eigenvalue weighted by Gasteiger charge is 2.34. The number of rotatable bonds is 9. The highest BCUT2D eigenvalue weighted by atomic mass is 32.2. The van der Waals surface area contributed by atoms with Crippen LogP contribution in [-0.4, -0.2) is 41.8 Å². The van der Waals surface area contributed by atoms with E-state index in [9.17, 15) is 18.3 Å². The molecule has 1 atom stereocenters. The number of methoxy groups -OCH3 is 1. The summed E-state index contributed by atoms with van der Waals surface area (Å²) in [4.78, 5) is 20.8. The number of hydrogen-bond acceptors (Lipinski definition) is 7. The fourth-order valence-corrected chi connectivity index (χ4v) is 6.05. The zero-order valence-electron chi connectivity index (χ0n) is 21.2. The Bertz CT molecular complexity index is 1610. The van der Waals surface area contributed by atoms with E-state index in [2.05, 4.69) is 9.97 Å². The lowest BCUT2D eigenvalue weighted by molar-refractivity contribution is 0.161. The average Bonchev–Trinajstić information content (AvgIpc) is 3.73. The van der Waals surface area contributed by atoms with Gasteiger partial charge in [0, 0.05) is 31.0 Å². The van der Waals surface area contributed by atoms with Crippen molar-refractivity contribution in [1.82, 2.24) is 14.5 Å². The summed E-state index contributed by atoms with van der Waals surface area (Å²) in [7, 11) is -2.86.